The Morgan fingerprint density at radius 1 is 1.37 bits per heavy atom. The van der Waals surface area contributed by atoms with E-state index in [-0.39, 0.29) is 0 Å². The Bertz CT molecular complexity index is 579. The van der Waals surface area contributed by atoms with Crippen molar-refractivity contribution < 1.29 is 0 Å². The van der Waals surface area contributed by atoms with E-state index in [9.17, 15) is 0 Å². The quantitative estimate of drug-likeness (QED) is 0.892. The summed E-state index contributed by atoms with van der Waals surface area (Å²) in [7, 11) is 2.11. The summed E-state index contributed by atoms with van der Waals surface area (Å²) in [6.45, 7) is 5.48. The highest BCUT2D eigenvalue weighted by atomic mass is 15.1. The number of nitrogens with one attached hydrogen (secondary N) is 1. The summed E-state index contributed by atoms with van der Waals surface area (Å²) >= 11 is 0. The van der Waals surface area contributed by atoms with E-state index in [2.05, 4.69) is 49.0 Å². The fraction of sp³-hybridized carbons (Fsp3) is 0.562. The molecule has 0 bridgehead atoms. The molecule has 1 fully saturated rings. The fourth-order valence-corrected chi connectivity index (χ4v) is 2.64. The molecule has 0 aliphatic heterocycles. The number of rotatable bonds is 5. The average molecular weight is 257 g/mol. The van der Waals surface area contributed by atoms with Gasteiger partial charge in [-0.25, -0.2) is 4.98 Å². The number of nitrogens with zero attached hydrogens (tertiary/aromatic N) is 2. The highest BCUT2D eigenvalue weighted by Crippen LogP contribution is 2.22. The molecule has 3 heteroatoms. The van der Waals surface area contributed by atoms with Crippen LogP contribution >= 0.6 is 0 Å². The number of hydrogen-bond donors (Lipinski definition) is 1. The number of aromatic nitrogens is 2. The van der Waals surface area contributed by atoms with Gasteiger partial charge in [0.15, 0.2) is 0 Å². The van der Waals surface area contributed by atoms with Crippen LogP contribution in [0, 0.1) is 0 Å². The molecule has 1 aliphatic rings. The van der Waals surface area contributed by atoms with E-state index < -0.39 is 0 Å². The number of benzene rings is 1. The van der Waals surface area contributed by atoms with Crippen LogP contribution in [0.4, 0.5) is 0 Å². The molecule has 1 heterocycles. The van der Waals surface area contributed by atoms with Crippen LogP contribution in [0.3, 0.4) is 0 Å². The fourth-order valence-electron chi connectivity index (χ4n) is 2.64. The van der Waals surface area contributed by atoms with Crippen LogP contribution in [-0.2, 0) is 13.5 Å². The van der Waals surface area contributed by atoms with Gasteiger partial charge in [0.1, 0.15) is 5.82 Å². The molecule has 0 amide bonds. The lowest BCUT2D eigenvalue weighted by Gasteiger charge is -2.05. The second kappa shape index (κ2) is 4.97. The number of fused-ring (bicyclic) bond motifs is 1. The Hall–Kier alpha value is -1.35. The molecule has 0 radical (unpaired) electrons. The van der Waals surface area contributed by atoms with Gasteiger partial charge in [-0.3, -0.25) is 0 Å². The van der Waals surface area contributed by atoms with E-state index in [1.807, 2.05) is 0 Å². The Labute approximate surface area is 115 Å². The van der Waals surface area contributed by atoms with Crippen molar-refractivity contribution in [2.24, 2.45) is 7.05 Å². The minimum absolute atomic E-state index is 0.470. The highest BCUT2D eigenvalue weighted by molar-refractivity contribution is 5.77. The van der Waals surface area contributed by atoms with Gasteiger partial charge in [-0.2, -0.15) is 0 Å². The van der Waals surface area contributed by atoms with Gasteiger partial charge in [0.2, 0.25) is 0 Å². The second-order valence-corrected chi connectivity index (χ2v) is 5.99. The molecule has 0 spiro atoms. The Kier molecular flexibility index (Phi) is 3.31. The Morgan fingerprint density at radius 2 is 2.16 bits per heavy atom. The van der Waals surface area contributed by atoms with Gasteiger partial charge < -0.3 is 9.88 Å². The monoisotopic (exact) mass is 257 g/mol. The molecule has 1 saturated carbocycles. The molecule has 1 N–H and O–H groups in total. The van der Waals surface area contributed by atoms with E-state index in [0.29, 0.717) is 5.92 Å². The summed E-state index contributed by atoms with van der Waals surface area (Å²) < 4.78 is 2.21. The van der Waals surface area contributed by atoms with Crippen LogP contribution in [0.2, 0.25) is 0 Å². The molecule has 1 aliphatic carbocycles. The first-order chi connectivity index (χ1) is 9.15. The summed E-state index contributed by atoms with van der Waals surface area (Å²) in [6, 6.07) is 7.49. The molecule has 3 rings (SSSR count). The highest BCUT2D eigenvalue weighted by Gasteiger charge is 2.19. The van der Waals surface area contributed by atoms with Crippen molar-refractivity contribution in [2.45, 2.75) is 45.1 Å². The van der Waals surface area contributed by atoms with Gasteiger partial charge in [0, 0.05) is 19.0 Å². The zero-order valence-electron chi connectivity index (χ0n) is 12.1. The van der Waals surface area contributed by atoms with Crippen LogP contribution < -0.4 is 5.32 Å². The predicted octanol–water partition coefficient (Wildman–Crippen LogP) is 2.99. The molecule has 0 saturated heterocycles. The van der Waals surface area contributed by atoms with Crippen molar-refractivity contribution in [2.75, 3.05) is 6.54 Å². The minimum Gasteiger partial charge on any atom is -0.331 e. The SMILES string of the molecule is CC(C)c1nc2cc(CCNC3CC3)ccc2n1C. The lowest BCUT2D eigenvalue weighted by Crippen LogP contribution is -2.19. The lowest BCUT2D eigenvalue weighted by molar-refractivity contribution is 0.682. The Balaban J connectivity index is 1.79. The third-order valence-electron chi connectivity index (χ3n) is 3.92. The second-order valence-electron chi connectivity index (χ2n) is 5.99. The third-order valence-corrected chi connectivity index (χ3v) is 3.92. The lowest BCUT2D eigenvalue weighted by atomic mass is 10.1. The number of hydrogen-bond acceptors (Lipinski definition) is 2. The van der Waals surface area contributed by atoms with Crippen LogP contribution in [0.25, 0.3) is 11.0 Å². The van der Waals surface area contributed by atoms with Crippen molar-refractivity contribution in [3.63, 3.8) is 0 Å². The molecule has 19 heavy (non-hydrogen) atoms. The topological polar surface area (TPSA) is 29.9 Å². The van der Waals surface area contributed by atoms with E-state index in [1.54, 1.807) is 0 Å². The predicted molar refractivity (Wildman–Crippen MR) is 79.5 cm³/mol. The van der Waals surface area contributed by atoms with Crippen molar-refractivity contribution in [1.29, 1.82) is 0 Å². The van der Waals surface area contributed by atoms with Gasteiger partial charge in [0.25, 0.3) is 0 Å². The van der Waals surface area contributed by atoms with Crippen LogP contribution in [-0.4, -0.2) is 22.1 Å². The molecule has 102 valence electrons. The first kappa shape index (κ1) is 12.7. The van der Waals surface area contributed by atoms with Crippen molar-refractivity contribution >= 4 is 11.0 Å². The smallest absolute Gasteiger partial charge is 0.112 e. The zero-order valence-corrected chi connectivity index (χ0v) is 12.1. The van der Waals surface area contributed by atoms with Gasteiger partial charge in [0.05, 0.1) is 11.0 Å². The standard InChI is InChI=1S/C16H23N3/c1-11(2)16-18-14-10-12(4-7-15(14)19(16)3)8-9-17-13-5-6-13/h4,7,10-11,13,17H,5-6,8-9H2,1-3H3. The first-order valence-corrected chi connectivity index (χ1v) is 7.34. The van der Waals surface area contributed by atoms with Gasteiger partial charge in [-0.15, -0.1) is 0 Å². The molecule has 2 aromatic rings. The minimum atomic E-state index is 0.470. The van der Waals surface area contributed by atoms with Crippen LogP contribution in [0.5, 0.6) is 0 Å². The molecular weight excluding hydrogens is 234 g/mol. The van der Waals surface area contributed by atoms with Gasteiger partial charge in [-0.1, -0.05) is 19.9 Å². The van der Waals surface area contributed by atoms with Crippen molar-refractivity contribution in [1.82, 2.24) is 14.9 Å². The molecule has 0 unspecified atom stereocenters. The normalized spacial score (nSPS) is 15.6. The van der Waals surface area contributed by atoms with E-state index in [1.165, 1.54) is 29.7 Å². The molecule has 0 atom stereocenters. The summed E-state index contributed by atoms with van der Waals surface area (Å²) in [5.41, 5.74) is 3.76. The molecule has 3 nitrogen and oxygen atoms in total. The largest absolute Gasteiger partial charge is 0.331 e. The van der Waals surface area contributed by atoms with Crippen LogP contribution in [0.1, 0.15) is 44.0 Å². The Morgan fingerprint density at radius 3 is 2.84 bits per heavy atom. The maximum absolute atomic E-state index is 4.77. The average Bonchev–Trinajstić information content (AvgIpc) is 3.13. The first-order valence-electron chi connectivity index (χ1n) is 7.34. The van der Waals surface area contributed by atoms with E-state index in [4.69, 9.17) is 4.98 Å². The zero-order chi connectivity index (χ0) is 13.4. The molecular formula is C16H23N3. The molecule has 1 aromatic heterocycles. The van der Waals surface area contributed by atoms with Crippen molar-refractivity contribution in [3.05, 3.63) is 29.6 Å². The maximum Gasteiger partial charge on any atom is 0.112 e. The summed E-state index contributed by atoms with van der Waals surface area (Å²) in [6.07, 6.45) is 3.81. The van der Waals surface area contributed by atoms with Crippen molar-refractivity contribution in [3.8, 4) is 0 Å². The van der Waals surface area contributed by atoms with Gasteiger partial charge in [-0.05, 0) is 43.5 Å². The summed E-state index contributed by atoms with van der Waals surface area (Å²) in [5, 5.41) is 3.56. The number of aryl methyl sites for hydroxylation is 1. The molecule has 1 aromatic carbocycles. The number of imidazole rings is 1. The maximum atomic E-state index is 4.77. The summed E-state index contributed by atoms with van der Waals surface area (Å²) in [5.74, 6) is 1.64. The van der Waals surface area contributed by atoms with E-state index >= 15 is 0 Å². The van der Waals surface area contributed by atoms with Crippen LogP contribution in [0.15, 0.2) is 18.2 Å². The summed E-state index contributed by atoms with van der Waals surface area (Å²) in [4.78, 5) is 4.77. The van der Waals surface area contributed by atoms with Gasteiger partial charge >= 0.3 is 0 Å². The third kappa shape index (κ3) is 2.66. The van der Waals surface area contributed by atoms with E-state index in [0.717, 1.165) is 24.5 Å².